The van der Waals surface area contributed by atoms with Gasteiger partial charge >= 0.3 is 0 Å². The van der Waals surface area contributed by atoms with Gasteiger partial charge in [-0.1, -0.05) is 12.2 Å². The van der Waals surface area contributed by atoms with Gasteiger partial charge in [0.05, 0.1) is 18.5 Å². The maximum absolute atomic E-state index is 8.82. The maximum atomic E-state index is 8.82. The number of allylic oxidation sites excluding steroid dienone is 2. The molecular formula is C16H21N3O. The van der Waals surface area contributed by atoms with E-state index in [0.29, 0.717) is 18.2 Å². The summed E-state index contributed by atoms with van der Waals surface area (Å²) >= 11 is 0. The maximum Gasteiger partial charge on any atom is 0.140 e. The minimum atomic E-state index is 0.459. The lowest BCUT2D eigenvalue weighted by atomic mass is 9.94. The van der Waals surface area contributed by atoms with Crippen molar-refractivity contribution < 1.29 is 4.74 Å². The predicted molar refractivity (Wildman–Crippen MR) is 79.5 cm³/mol. The third-order valence-corrected chi connectivity index (χ3v) is 3.65. The van der Waals surface area contributed by atoms with E-state index in [4.69, 9.17) is 10.00 Å². The molecule has 0 aliphatic heterocycles. The van der Waals surface area contributed by atoms with Crippen LogP contribution in [0, 0.1) is 17.2 Å². The Hall–Kier alpha value is -1.86. The standard InChI is InChI=1S/C16H21N3O/c1-20-10-9-19(13-14-5-3-2-4-6-14)16-8-7-15(11-17)18-12-16/h2-3,7-8,12,14H,4-6,9-10,13H2,1H3. The molecule has 1 aliphatic carbocycles. The van der Waals surface area contributed by atoms with Crippen LogP contribution >= 0.6 is 0 Å². The molecule has 2 rings (SSSR count). The van der Waals surface area contributed by atoms with Gasteiger partial charge in [0, 0.05) is 20.2 Å². The summed E-state index contributed by atoms with van der Waals surface area (Å²) in [6, 6.07) is 5.80. The topological polar surface area (TPSA) is 49.1 Å². The van der Waals surface area contributed by atoms with Gasteiger partial charge in [-0.05, 0) is 37.3 Å². The average molecular weight is 271 g/mol. The summed E-state index contributed by atoms with van der Waals surface area (Å²) in [7, 11) is 1.72. The molecule has 0 radical (unpaired) electrons. The van der Waals surface area contributed by atoms with Crippen LogP contribution in [-0.4, -0.2) is 31.8 Å². The van der Waals surface area contributed by atoms with Gasteiger partial charge in [-0.15, -0.1) is 0 Å². The van der Waals surface area contributed by atoms with Crippen LogP contribution in [0.15, 0.2) is 30.5 Å². The molecule has 1 atom stereocenters. The largest absolute Gasteiger partial charge is 0.383 e. The van der Waals surface area contributed by atoms with E-state index < -0.39 is 0 Å². The first-order valence-electron chi connectivity index (χ1n) is 7.08. The number of ether oxygens (including phenoxy) is 1. The molecular weight excluding hydrogens is 250 g/mol. The van der Waals surface area contributed by atoms with E-state index in [0.717, 1.165) is 25.2 Å². The van der Waals surface area contributed by atoms with Gasteiger partial charge in [0.25, 0.3) is 0 Å². The molecule has 0 aromatic carbocycles. The van der Waals surface area contributed by atoms with Crippen molar-refractivity contribution >= 4 is 5.69 Å². The van der Waals surface area contributed by atoms with Gasteiger partial charge in [0.1, 0.15) is 11.8 Å². The Morgan fingerprint density at radius 3 is 2.95 bits per heavy atom. The second-order valence-electron chi connectivity index (χ2n) is 5.10. The first-order chi connectivity index (χ1) is 9.83. The molecule has 0 bridgehead atoms. The van der Waals surface area contributed by atoms with Crippen molar-refractivity contribution in [2.45, 2.75) is 19.3 Å². The highest BCUT2D eigenvalue weighted by molar-refractivity contribution is 5.46. The highest BCUT2D eigenvalue weighted by Crippen LogP contribution is 2.22. The monoisotopic (exact) mass is 271 g/mol. The number of aromatic nitrogens is 1. The predicted octanol–water partition coefficient (Wildman–Crippen LogP) is 2.76. The second-order valence-corrected chi connectivity index (χ2v) is 5.10. The SMILES string of the molecule is COCCN(CC1CC=CCC1)c1ccc(C#N)nc1. The lowest BCUT2D eigenvalue weighted by molar-refractivity contribution is 0.204. The van der Waals surface area contributed by atoms with E-state index in [2.05, 4.69) is 28.1 Å². The Morgan fingerprint density at radius 2 is 2.35 bits per heavy atom. The summed E-state index contributed by atoms with van der Waals surface area (Å²) in [5.74, 6) is 0.687. The molecule has 1 unspecified atom stereocenters. The molecule has 106 valence electrons. The van der Waals surface area contributed by atoms with Crippen LogP contribution < -0.4 is 4.90 Å². The smallest absolute Gasteiger partial charge is 0.140 e. The van der Waals surface area contributed by atoms with Crippen molar-refractivity contribution in [2.75, 3.05) is 31.7 Å². The summed E-state index contributed by atoms with van der Waals surface area (Å²) in [4.78, 5) is 6.47. The van der Waals surface area contributed by atoms with E-state index in [1.54, 1.807) is 19.4 Å². The highest BCUT2D eigenvalue weighted by atomic mass is 16.5. The number of methoxy groups -OCH3 is 1. The number of nitriles is 1. The van der Waals surface area contributed by atoms with Crippen molar-refractivity contribution in [1.82, 2.24) is 4.98 Å². The van der Waals surface area contributed by atoms with Gasteiger partial charge in [-0.25, -0.2) is 4.98 Å². The normalized spacial score (nSPS) is 17.7. The molecule has 20 heavy (non-hydrogen) atoms. The molecule has 4 heteroatoms. The Labute approximate surface area is 120 Å². The lowest BCUT2D eigenvalue weighted by Gasteiger charge is -2.29. The van der Waals surface area contributed by atoms with Crippen molar-refractivity contribution in [3.05, 3.63) is 36.2 Å². The van der Waals surface area contributed by atoms with E-state index in [1.165, 1.54) is 12.8 Å². The Kier molecular flexibility index (Phi) is 5.57. The molecule has 0 N–H and O–H groups in total. The van der Waals surface area contributed by atoms with Crippen LogP contribution in [0.2, 0.25) is 0 Å². The number of hydrogen-bond donors (Lipinski definition) is 0. The Morgan fingerprint density at radius 1 is 1.45 bits per heavy atom. The molecule has 0 saturated carbocycles. The zero-order valence-corrected chi connectivity index (χ0v) is 12.0. The Bertz CT molecular complexity index is 475. The van der Waals surface area contributed by atoms with Crippen molar-refractivity contribution in [3.8, 4) is 6.07 Å². The molecule has 0 saturated heterocycles. The van der Waals surface area contributed by atoms with E-state index in [-0.39, 0.29) is 0 Å². The molecule has 1 heterocycles. The van der Waals surface area contributed by atoms with Crippen LogP contribution in [0.25, 0.3) is 0 Å². The van der Waals surface area contributed by atoms with Crippen LogP contribution in [0.5, 0.6) is 0 Å². The summed E-state index contributed by atoms with van der Waals surface area (Å²) in [6.45, 7) is 2.56. The molecule has 1 aromatic rings. The zero-order chi connectivity index (χ0) is 14.2. The molecule has 4 nitrogen and oxygen atoms in total. The summed E-state index contributed by atoms with van der Waals surface area (Å²) < 4.78 is 5.20. The number of anilines is 1. The van der Waals surface area contributed by atoms with E-state index >= 15 is 0 Å². The molecule has 1 aromatic heterocycles. The zero-order valence-electron chi connectivity index (χ0n) is 12.0. The van der Waals surface area contributed by atoms with Crippen molar-refractivity contribution in [1.29, 1.82) is 5.26 Å². The first-order valence-corrected chi connectivity index (χ1v) is 7.08. The average Bonchev–Trinajstić information content (AvgIpc) is 2.52. The number of nitrogens with zero attached hydrogens (tertiary/aromatic N) is 3. The second kappa shape index (κ2) is 7.66. The van der Waals surface area contributed by atoms with E-state index in [1.807, 2.05) is 6.07 Å². The van der Waals surface area contributed by atoms with Crippen molar-refractivity contribution in [3.63, 3.8) is 0 Å². The summed E-state index contributed by atoms with van der Waals surface area (Å²) in [5, 5.41) is 8.82. The Balaban J connectivity index is 2.04. The van der Waals surface area contributed by atoms with Crippen molar-refractivity contribution in [2.24, 2.45) is 5.92 Å². The van der Waals surface area contributed by atoms with Crippen LogP contribution in [0.3, 0.4) is 0 Å². The lowest BCUT2D eigenvalue weighted by Crippen LogP contribution is -2.33. The van der Waals surface area contributed by atoms with Gasteiger partial charge in [-0.3, -0.25) is 0 Å². The summed E-state index contributed by atoms with van der Waals surface area (Å²) in [5.41, 5.74) is 1.52. The van der Waals surface area contributed by atoms with Gasteiger partial charge in [0.2, 0.25) is 0 Å². The third kappa shape index (κ3) is 4.07. The van der Waals surface area contributed by atoms with Crippen LogP contribution in [0.4, 0.5) is 5.69 Å². The number of rotatable bonds is 6. The molecule has 0 amide bonds. The van der Waals surface area contributed by atoms with Crippen LogP contribution in [-0.2, 0) is 4.74 Å². The quantitative estimate of drug-likeness (QED) is 0.746. The minimum Gasteiger partial charge on any atom is -0.383 e. The highest BCUT2D eigenvalue weighted by Gasteiger charge is 2.15. The fourth-order valence-electron chi connectivity index (χ4n) is 2.50. The molecule has 1 aliphatic rings. The molecule has 0 spiro atoms. The van der Waals surface area contributed by atoms with Gasteiger partial charge in [-0.2, -0.15) is 5.26 Å². The number of hydrogen-bond acceptors (Lipinski definition) is 4. The van der Waals surface area contributed by atoms with E-state index in [9.17, 15) is 0 Å². The minimum absolute atomic E-state index is 0.459. The fraction of sp³-hybridized carbons (Fsp3) is 0.500. The third-order valence-electron chi connectivity index (χ3n) is 3.65. The molecule has 0 fully saturated rings. The summed E-state index contributed by atoms with van der Waals surface area (Å²) in [6.07, 6.45) is 9.89. The fourth-order valence-corrected chi connectivity index (χ4v) is 2.50. The van der Waals surface area contributed by atoms with Crippen LogP contribution in [0.1, 0.15) is 25.0 Å². The van der Waals surface area contributed by atoms with Gasteiger partial charge < -0.3 is 9.64 Å². The van der Waals surface area contributed by atoms with Gasteiger partial charge in [0.15, 0.2) is 0 Å². The number of pyridine rings is 1. The first kappa shape index (κ1) is 14.5.